The minimum absolute atomic E-state index is 0.0724. The number of likely N-dealkylation sites (N-methyl/N-ethyl adjacent to an activating group) is 1. The Labute approximate surface area is 127 Å². The van der Waals surface area contributed by atoms with Crippen LogP contribution in [0.2, 0.25) is 0 Å². The van der Waals surface area contributed by atoms with Gasteiger partial charge in [-0.3, -0.25) is 9.69 Å². The van der Waals surface area contributed by atoms with E-state index in [4.69, 9.17) is 5.73 Å². The maximum Gasteiger partial charge on any atom is 0.241 e. The highest BCUT2D eigenvalue weighted by molar-refractivity contribution is 5.96. The fourth-order valence-electron chi connectivity index (χ4n) is 2.76. The average Bonchev–Trinajstić information content (AvgIpc) is 2.62. The molecule has 2 atom stereocenters. The molecule has 0 saturated heterocycles. The molecule has 0 radical (unpaired) electrons. The van der Waals surface area contributed by atoms with Crippen LogP contribution >= 0.6 is 0 Å². The Morgan fingerprint density at radius 2 is 2.10 bits per heavy atom. The molecular formula is C17H27N3O. The number of amides is 1. The van der Waals surface area contributed by atoms with Gasteiger partial charge in [-0.2, -0.15) is 0 Å². The molecule has 4 heteroatoms. The standard InChI is InChI=1S/C17H27N3O/c1-12(2)14(18)10-11-20(3)16-9-8-13-6-4-5-7-15(13)19-17(16)21/h4-7,12,14,16H,8-11,18H2,1-3H3,(H,19,21). The molecule has 1 aromatic carbocycles. The number of aryl methyl sites for hydroxylation is 1. The van der Waals surface area contributed by atoms with E-state index in [0.29, 0.717) is 5.92 Å². The monoisotopic (exact) mass is 289 g/mol. The average molecular weight is 289 g/mol. The van der Waals surface area contributed by atoms with Crippen LogP contribution in [0.5, 0.6) is 0 Å². The summed E-state index contributed by atoms with van der Waals surface area (Å²) in [6.45, 7) is 5.13. The summed E-state index contributed by atoms with van der Waals surface area (Å²) in [5, 5.41) is 3.05. The number of para-hydroxylation sites is 1. The van der Waals surface area contributed by atoms with Gasteiger partial charge in [0, 0.05) is 18.3 Å². The highest BCUT2D eigenvalue weighted by Gasteiger charge is 2.27. The van der Waals surface area contributed by atoms with Crippen LogP contribution in [0.3, 0.4) is 0 Å². The van der Waals surface area contributed by atoms with Crippen molar-refractivity contribution in [3.63, 3.8) is 0 Å². The topological polar surface area (TPSA) is 58.4 Å². The van der Waals surface area contributed by atoms with E-state index in [-0.39, 0.29) is 18.0 Å². The van der Waals surface area contributed by atoms with Crippen molar-refractivity contribution in [1.29, 1.82) is 0 Å². The predicted octanol–water partition coefficient (Wildman–Crippen LogP) is 2.25. The molecule has 0 spiro atoms. The van der Waals surface area contributed by atoms with Crippen molar-refractivity contribution in [2.45, 2.75) is 45.2 Å². The van der Waals surface area contributed by atoms with Gasteiger partial charge in [-0.05, 0) is 43.9 Å². The predicted molar refractivity (Wildman–Crippen MR) is 87.2 cm³/mol. The SMILES string of the molecule is CC(C)C(N)CCN(C)C1CCc2ccccc2NC1=O. The molecule has 116 valence electrons. The lowest BCUT2D eigenvalue weighted by Crippen LogP contribution is -2.43. The zero-order chi connectivity index (χ0) is 15.4. The van der Waals surface area contributed by atoms with Crippen LogP contribution in [0.4, 0.5) is 5.69 Å². The quantitative estimate of drug-likeness (QED) is 0.874. The van der Waals surface area contributed by atoms with Crippen molar-refractivity contribution < 1.29 is 4.79 Å². The molecule has 0 bridgehead atoms. The first-order valence-corrected chi connectivity index (χ1v) is 7.83. The number of benzene rings is 1. The van der Waals surface area contributed by atoms with Gasteiger partial charge in [0.25, 0.3) is 0 Å². The largest absolute Gasteiger partial charge is 0.327 e. The van der Waals surface area contributed by atoms with Crippen molar-refractivity contribution in [2.75, 3.05) is 18.9 Å². The lowest BCUT2D eigenvalue weighted by Gasteiger charge is -2.27. The number of rotatable bonds is 5. The summed E-state index contributed by atoms with van der Waals surface area (Å²) in [4.78, 5) is 14.6. The molecule has 4 nitrogen and oxygen atoms in total. The molecule has 2 rings (SSSR count). The van der Waals surface area contributed by atoms with Crippen molar-refractivity contribution in [3.05, 3.63) is 29.8 Å². The van der Waals surface area contributed by atoms with E-state index >= 15 is 0 Å². The van der Waals surface area contributed by atoms with E-state index in [9.17, 15) is 4.79 Å². The molecule has 0 aliphatic carbocycles. The van der Waals surface area contributed by atoms with Crippen LogP contribution in [-0.4, -0.2) is 36.5 Å². The molecule has 21 heavy (non-hydrogen) atoms. The van der Waals surface area contributed by atoms with Gasteiger partial charge in [0.15, 0.2) is 0 Å². The number of nitrogens with one attached hydrogen (secondary N) is 1. The third-order valence-electron chi connectivity index (χ3n) is 4.47. The van der Waals surface area contributed by atoms with Crippen LogP contribution in [0.25, 0.3) is 0 Å². The van der Waals surface area contributed by atoms with Gasteiger partial charge >= 0.3 is 0 Å². The van der Waals surface area contributed by atoms with Crippen molar-refractivity contribution in [3.8, 4) is 0 Å². The molecule has 1 aromatic rings. The minimum Gasteiger partial charge on any atom is -0.327 e. The van der Waals surface area contributed by atoms with Gasteiger partial charge in [-0.1, -0.05) is 32.0 Å². The number of nitrogens with two attached hydrogens (primary N) is 1. The van der Waals surface area contributed by atoms with Gasteiger partial charge < -0.3 is 11.1 Å². The van der Waals surface area contributed by atoms with E-state index in [1.807, 2.05) is 25.2 Å². The summed E-state index contributed by atoms with van der Waals surface area (Å²) in [7, 11) is 2.02. The zero-order valence-electron chi connectivity index (χ0n) is 13.3. The first-order chi connectivity index (χ1) is 9.99. The molecule has 1 aliphatic rings. The normalized spacial score (nSPS) is 20.1. The number of carbonyl (C=O) groups is 1. The Bertz CT molecular complexity index is 487. The first-order valence-electron chi connectivity index (χ1n) is 7.83. The summed E-state index contributed by atoms with van der Waals surface area (Å²) in [6.07, 6.45) is 2.71. The number of anilines is 1. The molecule has 1 aliphatic heterocycles. The van der Waals surface area contributed by atoms with Gasteiger partial charge in [-0.15, -0.1) is 0 Å². The Hall–Kier alpha value is -1.39. The van der Waals surface area contributed by atoms with Crippen molar-refractivity contribution in [2.24, 2.45) is 11.7 Å². The Morgan fingerprint density at radius 1 is 1.38 bits per heavy atom. The molecule has 1 heterocycles. The Kier molecular flexibility index (Phi) is 5.37. The van der Waals surface area contributed by atoms with Gasteiger partial charge in [0.1, 0.15) is 0 Å². The van der Waals surface area contributed by atoms with Crippen LogP contribution < -0.4 is 11.1 Å². The van der Waals surface area contributed by atoms with Gasteiger partial charge in [0.05, 0.1) is 6.04 Å². The Balaban J connectivity index is 1.97. The molecule has 2 unspecified atom stereocenters. The maximum absolute atomic E-state index is 12.4. The summed E-state index contributed by atoms with van der Waals surface area (Å²) in [5.41, 5.74) is 8.28. The van der Waals surface area contributed by atoms with E-state index in [2.05, 4.69) is 30.1 Å². The number of fused-ring (bicyclic) bond motifs is 1. The van der Waals surface area contributed by atoms with E-state index < -0.39 is 0 Å². The maximum atomic E-state index is 12.4. The second kappa shape index (κ2) is 7.05. The van der Waals surface area contributed by atoms with Crippen molar-refractivity contribution >= 4 is 11.6 Å². The molecule has 0 fully saturated rings. The van der Waals surface area contributed by atoms with E-state index in [1.165, 1.54) is 5.56 Å². The number of nitrogens with zero attached hydrogens (tertiary/aromatic N) is 1. The second-order valence-electron chi connectivity index (χ2n) is 6.38. The molecule has 0 saturated carbocycles. The number of hydrogen-bond donors (Lipinski definition) is 2. The summed E-state index contributed by atoms with van der Waals surface area (Å²) < 4.78 is 0. The Morgan fingerprint density at radius 3 is 2.81 bits per heavy atom. The molecular weight excluding hydrogens is 262 g/mol. The highest BCUT2D eigenvalue weighted by Crippen LogP contribution is 2.23. The third kappa shape index (κ3) is 4.05. The summed E-state index contributed by atoms with van der Waals surface area (Å²) >= 11 is 0. The third-order valence-corrected chi connectivity index (χ3v) is 4.47. The highest BCUT2D eigenvalue weighted by atomic mass is 16.2. The van der Waals surface area contributed by atoms with Crippen LogP contribution in [0.15, 0.2) is 24.3 Å². The van der Waals surface area contributed by atoms with Crippen molar-refractivity contribution in [1.82, 2.24) is 4.90 Å². The lowest BCUT2D eigenvalue weighted by molar-refractivity contribution is -0.121. The molecule has 3 N–H and O–H groups in total. The van der Waals surface area contributed by atoms with Crippen LogP contribution in [0.1, 0.15) is 32.3 Å². The smallest absolute Gasteiger partial charge is 0.241 e. The van der Waals surface area contributed by atoms with Crippen LogP contribution in [-0.2, 0) is 11.2 Å². The van der Waals surface area contributed by atoms with E-state index in [0.717, 1.165) is 31.5 Å². The second-order valence-corrected chi connectivity index (χ2v) is 6.38. The van der Waals surface area contributed by atoms with E-state index in [1.54, 1.807) is 0 Å². The summed E-state index contributed by atoms with van der Waals surface area (Å²) in [6, 6.07) is 8.17. The minimum atomic E-state index is -0.0724. The molecule has 1 amide bonds. The van der Waals surface area contributed by atoms with Gasteiger partial charge in [-0.25, -0.2) is 0 Å². The number of hydrogen-bond acceptors (Lipinski definition) is 3. The zero-order valence-corrected chi connectivity index (χ0v) is 13.3. The number of carbonyl (C=O) groups excluding carboxylic acids is 1. The first kappa shape index (κ1) is 16.0. The van der Waals surface area contributed by atoms with Gasteiger partial charge in [0.2, 0.25) is 5.91 Å². The fourth-order valence-corrected chi connectivity index (χ4v) is 2.76. The van der Waals surface area contributed by atoms with Crippen LogP contribution in [0, 0.1) is 5.92 Å². The summed E-state index contributed by atoms with van der Waals surface area (Å²) in [5.74, 6) is 0.575. The molecule has 0 aromatic heterocycles. The lowest BCUT2D eigenvalue weighted by atomic mass is 10.0. The fraction of sp³-hybridized carbons (Fsp3) is 0.588.